The molecule has 2 aromatic rings. The first-order chi connectivity index (χ1) is 13.0. The minimum atomic E-state index is -3.40. The van der Waals surface area contributed by atoms with Gasteiger partial charge in [0.05, 0.1) is 10.6 Å². The van der Waals surface area contributed by atoms with E-state index < -0.39 is 10.0 Å². The Labute approximate surface area is 162 Å². The number of rotatable bonds is 8. The zero-order valence-corrected chi connectivity index (χ0v) is 17.3. The highest BCUT2D eigenvalue weighted by Crippen LogP contribution is 2.21. The fraction of sp³-hybridized carbons (Fsp3) is 0.550. The Morgan fingerprint density at radius 1 is 1.19 bits per heavy atom. The van der Waals surface area contributed by atoms with Crippen molar-refractivity contribution in [3.63, 3.8) is 0 Å². The smallest absolute Gasteiger partial charge is 0.243 e. The molecule has 27 heavy (non-hydrogen) atoms. The molecule has 1 aromatic heterocycles. The van der Waals surface area contributed by atoms with Crippen molar-refractivity contribution in [2.45, 2.75) is 64.1 Å². The lowest BCUT2D eigenvalue weighted by atomic mass is 10.1. The van der Waals surface area contributed by atoms with E-state index in [2.05, 4.69) is 21.8 Å². The molecule has 0 fully saturated rings. The molecular weight excluding hydrogens is 360 g/mol. The van der Waals surface area contributed by atoms with Gasteiger partial charge >= 0.3 is 0 Å². The van der Waals surface area contributed by atoms with Gasteiger partial charge < -0.3 is 9.88 Å². The molecule has 0 amide bonds. The Morgan fingerprint density at radius 2 is 1.89 bits per heavy atom. The van der Waals surface area contributed by atoms with Crippen LogP contribution in [0.1, 0.15) is 56.7 Å². The number of nitrogens with zero attached hydrogens (tertiary/aromatic N) is 3. The van der Waals surface area contributed by atoms with Crippen LogP contribution in [0.2, 0.25) is 0 Å². The largest absolute Gasteiger partial charge is 0.331 e. The fourth-order valence-corrected chi connectivity index (χ4v) is 5.10. The van der Waals surface area contributed by atoms with Crippen molar-refractivity contribution < 1.29 is 8.42 Å². The van der Waals surface area contributed by atoms with Gasteiger partial charge in [0.25, 0.3) is 0 Å². The maximum absolute atomic E-state index is 12.6. The summed E-state index contributed by atoms with van der Waals surface area (Å²) in [7, 11) is -3.40. The quantitative estimate of drug-likeness (QED) is 0.752. The van der Waals surface area contributed by atoms with Gasteiger partial charge in [-0.15, -0.1) is 0 Å². The van der Waals surface area contributed by atoms with Crippen LogP contribution in [0.15, 0.2) is 35.4 Å². The Kier molecular flexibility index (Phi) is 6.34. The highest BCUT2D eigenvalue weighted by Gasteiger charge is 2.21. The van der Waals surface area contributed by atoms with Gasteiger partial charge in [0.15, 0.2) is 0 Å². The van der Waals surface area contributed by atoms with Gasteiger partial charge in [-0.25, -0.2) is 13.4 Å². The molecule has 3 rings (SSSR count). The van der Waals surface area contributed by atoms with Crippen LogP contribution in [0.25, 0.3) is 0 Å². The van der Waals surface area contributed by atoms with E-state index in [4.69, 9.17) is 0 Å². The maximum Gasteiger partial charge on any atom is 0.243 e. The SMILES string of the molecule is CCN(CC)S(=O)(=O)c1ccc(C(C)NCc2cnc3n2CCCC3)cc1. The first-order valence-corrected chi connectivity index (χ1v) is 11.3. The molecule has 1 atom stereocenters. The van der Waals surface area contributed by atoms with Crippen molar-refractivity contribution in [2.24, 2.45) is 0 Å². The normalized spacial score (nSPS) is 15.7. The second kappa shape index (κ2) is 8.54. The molecule has 1 N–H and O–H groups in total. The fourth-order valence-electron chi connectivity index (χ4n) is 3.64. The first kappa shape index (κ1) is 20.0. The van der Waals surface area contributed by atoms with Crippen LogP contribution in [-0.2, 0) is 29.5 Å². The molecule has 7 heteroatoms. The lowest BCUT2D eigenvalue weighted by Crippen LogP contribution is -2.30. The molecule has 0 aliphatic carbocycles. The van der Waals surface area contributed by atoms with Crippen molar-refractivity contribution in [1.29, 1.82) is 0 Å². The lowest BCUT2D eigenvalue weighted by Gasteiger charge is -2.20. The average Bonchev–Trinajstić information content (AvgIpc) is 3.10. The van der Waals surface area contributed by atoms with Gasteiger partial charge in [0.1, 0.15) is 5.82 Å². The molecule has 1 aliphatic rings. The summed E-state index contributed by atoms with van der Waals surface area (Å²) in [6, 6.07) is 7.36. The summed E-state index contributed by atoms with van der Waals surface area (Å²) < 4.78 is 29.0. The third kappa shape index (κ3) is 4.25. The Balaban J connectivity index is 1.66. The van der Waals surface area contributed by atoms with E-state index in [0.717, 1.165) is 25.1 Å². The minimum Gasteiger partial charge on any atom is -0.331 e. The van der Waals surface area contributed by atoms with Gasteiger partial charge in [-0.3, -0.25) is 0 Å². The van der Waals surface area contributed by atoms with Crippen LogP contribution in [0.3, 0.4) is 0 Å². The summed E-state index contributed by atoms with van der Waals surface area (Å²) in [4.78, 5) is 4.88. The molecule has 0 saturated heterocycles. The van der Waals surface area contributed by atoms with Gasteiger partial charge in [-0.1, -0.05) is 26.0 Å². The Morgan fingerprint density at radius 3 is 2.56 bits per heavy atom. The molecule has 2 heterocycles. The van der Waals surface area contributed by atoms with E-state index in [9.17, 15) is 8.42 Å². The second-order valence-corrected chi connectivity index (χ2v) is 8.97. The average molecular weight is 391 g/mol. The van der Waals surface area contributed by atoms with Crippen molar-refractivity contribution in [3.8, 4) is 0 Å². The van der Waals surface area contributed by atoms with E-state index in [1.165, 1.54) is 28.7 Å². The van der Waals surface area contributed by atoms with Gasteiger partial charge in [-0.05, 0) is 37.5 Å². The first-order valence-electron chi connectivity index (χ1n) is 9.84. The van der Waals surface area contributed by atoms with E-state index in [1.807, 2.05) is 32.2 Å². The van der Waals surface area contributed by atoms with E-state index in [1.54, 1.807) is 12.1 Å². The molecule has 0 bridgehead atoms. The van der Waals surface area contributed by atoms with Crippen LogP contribution in [-0.4, -0.2) is 35.4 Å². The van der Waals surface area contributed by atoms with Crippen LogP contribution < -0.4 is 5.32 Å². The van der Waals surface area contributed by atoms with Gasteiger partial charge in [0.2, 0.25) is 10.0 Å². The number of aromatic nitrogens is 2. The monoisotopic (exact) mass is 390 g/mol. The van der Waals surface area contributed by atoms with Crippen LogP contribution >= 0.6 is 0 Å². The molecule has 0 spiro atoms. The molecule has 0 radical (unpaired) electrons. The number of fused-ring (bicyclic) bond motifs is 1. The van der Waals surface area contributed by atoms with E-state index >= 15 is 0 Å². The Bertz CT molecular complexity index is 855. The highest BCUT2D eigenvalue weighted by atomic mass is 32.2. The second-order valence-electron chi connectivity index (χ2n) is 7.04. The third-order valence-corrected chi connectivity index (χ3v) is 7.43. The number of imidazole rings is 1. The topological polar surface area (TPSA) is 67.2 Å². The third-order valence-electron chi connectivity index (χ3n) is 5.37. The predicted octanol–water partition coefficient (Wildman–Crippen LogP) is 3.10. The standard InChI is InChI=1S/C20H30N4O2S/c1-4-23(5-2)27(25,26)19-11-9-17(10-12-19)16(3)21-14-18-15-22-20-8-6-7-13-24(18)20/h9-12,15-16,21H,4-8,13-14H2,1-3H3. The zero-order chi connectivity index (χ0) is 19.4. The van der Waals surface area contributed by atoms with Crippen LogP contribution in [0, 0.1) is 0 Å². The predicted molar refractivity (Wildman–Crippen MR) is 107 cm³/mol. The zero-order valence-electron chi connectivity index (χ0n) is 16.5. The molecule has 0 saturated carbocycles. The summed E-state index contributed by atoms with van der Waals surface area (Å²) in [6.07, 6.45) is 5.48. The summed E-state index contributed by atoms with van der Waals surface area (Å²) in [6.45, 7) is 8.59. The van der Waals surface area contributed by atoms with Gasteiger partial charge in [-0.2, -0.15) is 4.31 Å². The van der Waals surface area contributed by atoms with E-state index in [0.29, 0.717) is 18.0 Å². The molecule has 148 valence electrons. The van der Waals surface area contributed by atoms with Crippen molar-refractivity contribution >= 4 is 10.0 Å². The highest BCUT2D eigenvalue weighted by molar-refractivity contribution is 7.89. The number of hydrogen-bond acceptors (Lipinski definition) is 4. The van der Waals surface area contributed by atoms with Crippen LogP contribution in [0.5, 0.6) is 0 Å². The number of sulfonamides is 1. The summed E-state index contributed by atoms with van der Waals surface area (Å²) in [5, 5.41) is 3.53. The number of nitrogens with one attached hydrogen (secondary N) is 1. The van der Waals surface area contributed by atoms with Crippen molar-refractivity contribution in [2.75, 3.05) is 13.1 Å². The molecule has 1 unspecified atom stereocenters. The molecule has 1 aliphatic heterocycles. The molecule has 1 aromatic carbocycles. The lowest BCUT2D eigenvalue weighted by molar-refractivity contribution is 0.445. The molecular formula is C20H30N4O2S. The number of aryl methyl sites for hydroxylation is 1. The number of hydrogen-bond donors (Lipinski definition) is 1. The number of benzene rings is 1. The summed E-state index contributed by atoms with van der Waals surface area (Å²) in [5.41, 5.74) is 2.30. The summed E-state index contributed by atoms with van der Waals surface area (Å²) in [5.74, 6) is 1.19. The Hall–Kier alpha value is -1.70. The van der Waals surface area contributed by atoms with Crippen molar-refractivity contribution in [1.82, 2.24) is 19.2 Å². The van der Waals surface area contributed by atoms with Gasteiger partial charge in [0, 0.05) is 44.8 Å². The minimum absolute atomic E-state index is 0.130. The molecule has 6 nitrogen and oxygen atoms in total. The van der Waals surface area contributed by atoms with E-state index in [-0.39, 0.29) is 6.04 Å². The maximum atomic E-state index is 12.6. The van der Waals surface area contributed by atoms with Crippen molar-refractivity contribution in [3.05, 3.63) is 47.5 Å². The van der Waals surface area contributed by atoms with Crippen LogP contribution in [0.4, 0.5) is 0 Å². The summed E-state index contributed by atoms with van der Waals surface area (Å²) >= 11 is 0.